The van der Waals surface area contributed by atoms with Crippen LogP contribution >= 0.6 is 0 Å². The molecule has 0 aliphatic carbocycles. The molecule has 0 saturated carbocycles. The molecule has 0 spiro atoms. The summed E-state index contributed by atoms with van der Waals surface area (Å²) in [5, 5.41) is 3.34. The topological polar surface area (TPSA) is 49.4 Å². The highest BCUT2D eigenvalue weighted by molar-refractivity contribution is 6.16. The highest BCUT2D eigenvalue weighted by Crippen LogP contribution is 2.34. The van der Waals surface area contributed by atoms with Crippen LogP contribution in [0.2, 0.25) is 0 Å². The summed E-state index contributed by atoms with van der Waals surface area (Å²) in [5.41, 5.74) is 1.59. The maximum Gasteiger partial charge on any atom is 0.234 e. The fourth-order valence-corrected chi connectivity index (χ4v) is 2.80. The van der Waals surface area contributed by atoms with E-state index < -0.39 is 0 Å². The van der Waals surface area contributed by atoms with Crippen molar-refractivity contribution in [3.8, 4) is 0 Å². The second-order valence-electron chi connectivity index (χ2n) is 6.51. The van der Waals surface area contributed by atoms with Crippen LogP contribution in [0.4, 0.5) is 5.69 Å². The van der Waals surface area contributed by atoms with Crippen molar-refractivity contribution in [1.29, 1.82) is 0 Å². The molecule has 0 bridgehead atoms. The summed E-state index contributed by atoms with van der Waals surface area (Å²) in [6.45, 7) is 8.99. The lowest BCUT2D eigenvalue weighted by Gasteiger charge is -2.34. The first-order valence-corrected chi connectivity index (χ1v) is 7.53. The van der Waals surface area contributed by atoms with Crippen molar-refractivity contribution >= 4 is 17.5 Å². The molecular formula is C17H24N2O2. The smallest absolute Gasteiger partial charge is 0.234 e. The largest absolute Gasteiger partial charge is 0.310 e. The summed E-state index contributed by atoms with van der Waals surface area (Å²) in [7, 11) is 0. The van der Waals surface area contributed by atoms with Crippen LogP contribution in [0, 0.1) is 5.41 Å². The minimum Gasteiger partial charge on any atom is -0.310 e. The van der Waals surface area contributed by atoms with Crippen molar-refractivity contribution in [3.05, 3.63) is 29.8 Å². The highest BCUT2D eigenvalue weighted by Gasteiger charge is 2.38. The summed E-state index contributed by atoms with van der Waals surface area (Å²) >= 11 is 0. The maximum atomic E-state index is 12.2. The lowest BCUT2D eigenvalue weighted by atomic mass is 9.81. The van der Waals surface area contributed by atoms with Crippen LogP contribution in [-0.4, -0.2) is 18.4 Å². The number of hydrogen-bond acceptors (Lipinski definition) is 3. The van der Waals surface area contributed by atoms with Crippen molar-refractivity contribution in [1.82, 2.24) is 5.32 Å². The van der Waals surface area contributed by atoms with E-state index in [0.29, 0.717) is 18.5 Å². The van der Waals surface area contributed by atoms with Gasteiger partial charge < -0.3 is 5.32 Å². The summed E-state index contributed by atoms with van der Waals surface area (Å²) in [5.74, 6) is -0.215. The molecule has 1 unspecified atom stereocenters. The Labute approximate surface area is 126 Å². The molecule has 1 fully saturated rings. The van der Waals surface area contributed by atoms with E-state index in [1.165, 1.54) is 4.90 Å². The number of carbonyl (C=O) groups is 2. The molecule has 114 valence electrons. The normalized spacial score (nSPS) is 19.7. The minimum atomic E-state index is -0.232. The monoisotopic (exact) mass is 288 g/mol. The van der Waals surface area contributed by atoms with E-state index in [1.54, 1.807) is 0 Å². The number of benzene rings is 1. The predicted molar refractivity (Wildman–Crippen MR) is 84.0 cm³/mol. The molecule has 4 nitrogen and oxygen atoms in total. The third-order valence-corrected chi connectivity index (χ3v) is 3.92. The molecule has 1 heterocycles. The molecule has 2 rings (SSSR count). The molecule has 1 aromatic carbocycles. The van der Waals surface area contributed by atoms with Crippen LogP contribution in [0.5, 0.6) is 0 Å². The second-order valence-corrected chi connectivity index (χ2v) is 6.51. The van der Waals surface area contributed by atoms with Crippen LogP contribution in [0.3, 0.4) is 0 Å². The third kappa shape index (κ3) is 3.50. The van der Waals surface area contributed by atoms with Crippen molar-refractivity contribution in [2.24, 2.45) is 5.41 Å². The number of imide groups is 1. The SMILES string of the molecule is CCNC(C)c1ccc(N2C(=O)CC(C)(C)CC2=O)cc1. The Kier molecular flexibility index (Phi) is 4.47. The van der Waals surface area contributed by atoms with Gasteiger partial charge in [0.1, 0.15) is 0 Å². The van der Waals surface area contributed by atoms with E-state index in [2.05, 4.69) is 19.2 Å². The van der Waals surface area contributed by atoms with Crippen molar-refractivity contribution in [2.75, 3.05) is 11.4 Å². The van der Waals surface area contributed by atoms with Gasteiger partial charge in [0, 0.05) is 18.9 Å². The fourth-order valence-electron chi connectivity index (χ4n) is 2.80. The van der Waals surface area contributed by atoms with Gasteiger partial charge in [-0.05, 0) is 36.6 Å². The second kappa shape index (κ2) is 5.98. The lowest BCUT2D eigenvalue weighted by molar-refractivity contribution is -0.132. The van der Waals surface area contributed by atoms with Gasteiger partial charge in [0.05, 0.1) is 5.69 Å². The van der Waals surface area contributed by atoms with Crippen molar-refractivity contribution in [3.63, 3.8) is 0 Å². The van der Waals surface area contributed by atoms with E-state index in [9.17, 15) is 9.59 Å². The predicted octanol–water partition coefficient (Wildman–Crippen LogP) is 3.04. The minimum absolute atomic E-state index is 0.108. The maximum absolute atomic E-state index is 12.2. The lowest BCUT2D eigenvalue weighted by Crippen LogP contribution is -2.46. The molecule has 1 aliphatic heterocycles. The Morgan fingerprint density at radius 3 is 2.14 bits per heavy atom. The Morgan fingerprint density at radius 1 is 1.14 bits per heavy atom. The van der Waals surface area contributed by atoms with Gasteiger partial charge in [-0.1, -0.05) is 32.9 Å². The number of nitrogens with zero attached hydrogens (tertiary/aromatic N) is 1. The van der Waals surface area contributed by atoms with Gasteiger partial charge in [-0.15, -0.1) is 0 Å². The molecule has 1 atom stereocenters. The number of carbonyl (C=O) groups excluding carboxylic acids is 2. The standard InChI is InChI=1S/C17H24N2O2/c1-5-18-12(2)13-6-8-14(9-7-13)19-15(20)10-17(3,4)11-16(19)21/h6-9,12,18H,5,10-11H2,1-4H3. The summed E-state index contributed by atoms with van der Waals surface area (Å²) < 4.78 is 0. The Morgan fingerprint density at radius 2 is 1.67 bits per heavy atom. The summed E-state index contributed by atoms with van der Waals surface area (Å²) in [6.07, 6.45) is 0.822. The third-order valence-electron chi connectivity index (χ3n) is 3.92. The van der Waals surface area contributed by atoms with Crippen LogP contribution in [0.25, 0.3) is 0 Å². The molecule has 2 amide bonds. The molecule has 0 aromatic heterocycles. The Balaban J connectivity index is 2.19. The van der Waals surface area contributed by atoms with E-state index in [-0.39, 0.29) is 23.3 Å². The fraction of sp³-hybridized carbons (Fsp3) is 0.529. The van der Waals surface area contributed by atoms with Gasteiger partial charge in [0.25, 0.3) is 0 Å². The van der Waals surface area contributed by atoms with Gasteiger partial charge in [-0.3, -0.25) is 14.5 Å². The summed E-state index contributed by atoms with van der Waals surface area (Å²) in [4.78, 5) is 25.8. The van der Waals surface area contributed by atoms with E-state index in [1.807, 2.05) is 38.1 Å². The molecule has 1 saturated heterocycles. The molecule has 1 aromatic rings. The molecule has 4 heteroatoms. The van der Waals surface area contributed by atoms with E-state index in [0.717, 1.165) is 12.1 Å². The number of anilines is 1. The molecule has 0 radical (unpaired) electrons. The van der Waals surface area contributed by atoms with Crippen LogP contribution < -0.4 is 10.2 Å². The molecular weight excluding hydrogens is 264 g/mol. The molecule has 21 heavy (non-hydrogen) atoms. The highest BCUT2D eigenvalue weighted by atomic mass is 16.2. The molecule has 1 N–H and O–H groups in total. The zero-order chi connectivity index (χ0) is 15.6. The van der Waals surface area contributed by atoms with Crippen LogP contribution in [-0.2, 0) is 9.59 Å². The number of rotatable bonds is 4. The Hall–Kier alpha value is -1.68. The number of amides is 2. The summed E-state index contributed by atoms with van der Waals surface area (Å²) in [6, 6.07) is 7.93. The quantitative estimate of drug-likeness (QED) is 0.866. The zero-order valence-corrected chi connectivity index (χ0v) is 13.3. The first-order valence-electron chi connectivity index (χ1n) is 7.53. The van der Waals surface area contributed by atoms with Crippen molar-refractivity contribution in [2.45, 2.75) is 46.6 Å². The zero-order valence-electron chi connectivity index (χ0n) is 13.3. The Bertz CT molecular complexity index is 514. The van der Waals surface area contributed by atoms with Crippen LogP contribution in [0.15, 0.2) is 24.3 Å². The van der Waals surface area contributed by atoms with Gasteiger partial charge >= 0.3 is 0 Å². The van der Waals surface area contributed by atoms with Crippen molar-refractivity contribution < 1.29 is 9.59 Å². The first kappa shape index (κ1) is 15.7. The van der Waals surface area contributed by atoms with E-state index in [4.69, 9.17) is 0 Å². The first-order chi connectivity index (χ1) is 9.84. The van der Waals surface area contributed by atoms with Crippen LogP contribution in [0.1, 0.15) is 52.1 Å². The van der Waals surface area contributed by atoms with Gasteiger partial charge in [0.2, 0.25) is 11.8 Å². The number of nitrogens with one attached hydrogen (secondary N) is 1. The number of piperidine rings is 1. The molecule has 1 aliphatic rings. The van der Waals surface area contributed by atoms with Gasteiger partial charge in [-0.2, -0.15) is 0 Å². The van der Waals surface area contributed by atoms with Gasteiger partial charge in [0.15, 0.2) is 0 Å². The van der Waals surface area contributed by atoms with E-state index >= 15 is 0 Å². The average Bonchev–Trinajstić information content (AvgIpc) is 2.37. The van der Waals surface area contributed by atoms with Gasteiger partial charge in [-0.25, -0.2) is 0 Å². The average molecular weight is 288 g/mol. The number of hydrogen-bond donors (Lipinski definition) is 1.